The molecule has 0 radical (unpaired) electrons. The van der Waals surface area contributed by atoms with Gasteiger partial charge < -0.3 is 10.6 Å². The van der Waals surface area contributed by atoms with Gasteiger partial charge in [0, 0.05) is 32.2 Å². The fourth-order valence-corrected chi connectivity index (χ4v) is 3.39. The van der Waals surface area contributed by atoms with Crippen molar-refractivity contribution in [2.75, 3.05) is 39.3 Å². The van der Waals surface area contributed by atoms with E-state index in [4.69, 9.17) is 5.73 Å². The van der Waals surface area contributed by atoms with Crippen LogP contribution in [0.3, 0.4) is 0 Å². The van der Waals surface area contributed by atoms with Crippen LogP contribution in [0.1, 0.15) is 46.0 Å². The predicted molar refractivity (Wildman–Crippen MR) is 82.3 cm³/mol. The van der Waals surface area contributed by atoms with Gasteiger partial charge >= 0.3 is 0 Å². The molecule has 19 heavy (non-hydrogen) atoms. The van der Waals surface area contributed by atoms with E-state index in [0.717, 1.165) is 24.4 Å². The van der Waals surface area contributed by atoms with Crippen LogP contribution >= 0.6 is 0 Å². The highest BCUT2D eigenvalue weighted by atomic mass is 15.3. The molecule has 1 aliphatic heterocycles. The fraction of sp³-hybridized carbons (Fsp3) is 1.00. The van der Waals surface area contributed by atoms with Crippen LogP contribution in [-0.4, -0.2) is 55.1 Å². The average molecular weight is 267 g/mol. The van der Waals surface area contributed by atoms with Gasteiger partial charge in [0.25, 0.3) is 0 Å². The molecule has 1 saturated heterocycles. The largest absolute Gasteiger partial charge is 0.330 e. The number of piperazine rings is 1. The van der Waals surface area contributed by atoms with Crippen molar-refractivity contribution in [2.45, 2.75) is 52.0 Å². The van der Waals surface area contributed by atoms with Gasteiger partial charge in [0.05, 0.1) is 0 Å². The first-order valence-electron chi connectivity index (χ1n) is 8.37. The van der Waals surface area contributed by atoms with Gasteiger partial charge in [-0.3, -0.25) is 4.90 Å². The lowest BCUT2D eigenvalue weighted by molar-refractivity contribution is 0.122. The second kappa shape index (κ2) is 7.61. The first kappa shape index (κ1) is 15.3. The Kier molecular flexibility index (Phi) is 6.11. The van der Waals surface area contributed by atoms with Gasteiger partial charge in [-0.1, -0.05) is 13.8 Å². The molecule has 1 heterocycles. The standard InChI is InChI=1S/C16H33N3/c1-14(2)15(7-8-17)4-3-9-18-10-12-19(13-11-18)16-5-6-16/h14-16H,3-13,17H2,1-2H3. The SMILES string of the molecule is CC(C)C(CCN)CCCN1CCN(C2CC2)CC1. The Morgan fingerprint density at radius 1 is 1.05 bits per heavy atom. The van der Waals surface area contributed by atoms with E-state index in [1.54, 1.807) is 0 Å². The van der Waals surface area contributed by atoms with Crippen LogP contribution in [0.2, 0.25) is 0 Å². The maximum Gasteiger partial charge on any atom is 0.0113 e. The van der Waals surface area contributed by atoms with Gasteiger partial charge in [-0.15, -0.1) is 0 Å². The molecule has 1 unspecified atom stereocenters. The lowest BCUT2D eigenvalue weighted by Gasteiger charge is -2.35. The average Bonchev–Trinajstić information content (AvgIpc) is 3.23. The van der Waals surface area contributed by atoms with Crippen molar-refractivity contribution in [1.29, 1.82) is 0 Å². The van der Waals surface area contributed by atoms with Crippen LogP contribution in [0.15, 0.2) is 0 Å². The lowest BCUT2D eigenvalue weighted by atomic mass is 9.88. The summed E-state index contributed by atoms with van der Waals surface area (Å²) in [6.07, 6.45) is 6.82. The van der Waals surface area contributed by atoms with E-state index >= 15 is 0 Å². The number of nitrogens with zero attached hydrogens (tertiary/aromatic N) is 2. The van der Waals surface area contributed by atoms with Crippen molar-refractivity contribution in [1.82, 2.24) is 9.80 Å². The summed E-state index contributed by atoms with van der Waals surface area (Å²) in [6, 6.07) is 0.956. The molecule has 1 aliphatic carbocycles. The number of nitrogens with two attached hydrogens (primary N) is 1. The molecule has 3 heteroatoms. The number of hydrogen-bond donors (Lipinski definition) is 1. The summed E-state index contributed by atoms with van der Waals surface area (Å²) < 4.78 is 0. The summed E-state index contributed by atoms with van der Waals surface area (Å²) in [7, 11) is 0. The molecule has 0 aromatic rings. The Balaban J connectivity index is 1.57. The zero-order valence-electron chi connectivity index (χ0n) is 13.0. The molecule has 2 N–H and O–H groups in total. The molecule has 2 fully saturated rings. The quantitative estimate of drug-likeness (QED) is 0.731. The van der Waals surface area contributed by atoms with Crippen molar-refractivity contribution < 1.29 is 0 Å². The highest BCUT2D eigenvalue weighted by Gasteiger charge is 2.30. The molecule has 1 saturated carbocycles. The second-order valence-electron chi connectivity index (χ2n) is 6.83. The molecule has 2 rings (SSSR count). The maximum absolute atomic E-state index is 5.72. The minimum atomic E-state index is 0.787. The lowest BCUT2D eigenvalue weighted by Crippen LogP contribution is -2.47. The Labute approximate surface area is 119 Å². The molecule has 0 bridgehead atoms. The molecule has 1 atom stereocenters. The molecule has 3 nitrogen and oxygen atoms in total. The number of rotatable bonds is 8. The molecule has 0 spiro atoms. The van der Waals surface area contributed by atoms with Gasteiger partial charge in [0.2, 0.25) is 0 Å². The van der Waals surface area contributed by atoms with E-state index in [-0.39, 0.29) is 0 Å². The first-order chi connectivity index (χ1) is 9.20. The van der Waals surface area contributed by atoms with Gasteiger partial charge in [-0.25, -0.2) is 0 Å². The Morgan fingerprint density at radius 2 is 1.74 bits per heavy atom. The third-order valence-electron chi connectivity index (χ3n) is 5.00. The van der Waals surface area contributed by atoms with E-state index in [1.807, 2.05) is 0 Å². The highest BCUT2D eigenvalue weighted by Crippen LogP contribution is 2.27. The van der Waals surface area contributed by atoms with E-state index in [1.165, 1.54) is 64.8 Å². The van der Waals surface area contributed by atoms with Crippen molar-refractivity contribution in [3.63, 3.8) is 0 Å². The zero-order valence-corrected chi connectivity index (χ0v) is 13.0. The Morgan fingerprint density at radius 3 is 2.26 bits per heavy atom. The molecule has 112 valence electrons. The minimum absolute atomic E-state index is 0.787. The number of hydrogen-bond acceptors (Lipinski definition) is 3. The molecule has 0 amide bonds. The summed E-state index contributed by atoms with van der Waals surface area (Å²) in [5.74, 6) is 1.62. The smallest absolute Gasteiger partial charge is 0.0113 e. The van der Waals surface area contributed by atoms with E-state index < -0.39 is 0 Å². The van der Waals surface area contributed by atoms with Crippen molar-refractivity contribution in [3.05, 3.63) is 0 Å². The van der Waals surface area contributed by atoms with Crippen LogP contribution in [0.4, 0.5) is 0 Å². The Bertz CT molecular complexity index is 242. The van der Waals surface area contributed by atoms with Gasteiger partial charge in [-0.2, -0.15) is 0 Å². The molecule has 0 aromatic heterocycles. The summed E-state index contributed by atoms with van der Waals surface area (Å²) in [5, 5.41) is 0. The predicted octanol–water partition coefficient (Wildman–Crippen LogP) is 2.17. The zero-order chi connectivity index (χ0) is 13.7. The molecule has 0 aromatic carbocycles. The van der Waals surface area contributed by atoms with Gasteiger partial charge in [-0.05, 0) is 57.0 Å². The van der Waals surface area contributed by atoms with Gasteiger partial charge in [0.15, 0.2) is 0 Å². The van der Waals surface area contributed by atoms with E-state index in [0.29, 0.717) is 0 Å². The van der Waals surface area contributed by atoms with Crippen LogP contribution in [0.5, 0.6) is 0 Å². The third-order valence-corrected chi connectivity index (χ3v) is 5.00. The maximum atomic E-state index is 5.72. The topological polar surface area (TPSA) is 32.5 Å². The molecule has 2 aliphatic rings. The monoisotopic (exact) mass is 267 g/mol. The van der Waals surface area contributed by atoms with E-state index in [9.17, 15) is 0 Å². The summed E-state index contributed by atoms with van der Waals surface area (Å²) in [6.45, 7) is 12.0. The molecular weight excluding hydrogens is 234 g/mol. The normalized spacial score (nSPS) is 24.0. The minimum Gasteiger partial charge on any atom is -0.330 e. The summed E-state index contributed by atoms with van der Waals surface area (Å²) in [5.41, 5.74) is 5.72. The second-order valence-corrected chi connectivity index (χ2v) is 6.83. The third kappa shape index (κ3) is 5.05. The van der Waals surface area contributed by atoms with Gasteiger partial charge in [0.1, 0.15) is 0 Å². The van der Waals surface area contributed by atoms with Crippen molar-refractivity contribution >= 4 is 0 Å². The van der Waals surface area contributed by atoms with Crippen LogP contribution in [0.25, 0.3) is 0 Å². The highest BCUT2D eigenvalue weighted by molar-refractivity contribution is 4.87. The summed E-state index contributed by atoms with van der Waals surface area (Å²) in [4.78, 5) is 5.36. The first-order valence-corrected chi connectivity index (χ1v) is 8.37. The van der Waals surface area contributed by atoms with Crippen LogP contribution in [-0.2, 0) is 0 Å². The Hall–Kier alpha value is -0.120. The van der Waals surface area contributed by atoms with Crippen molar-refractivity contribution in [3.8, 4) is 0 Å². The van der Waals surface area contributed by atoms with Crippen molar-refractivity contribution in [2.24, 2.45) is 17.6 Å². The fourth-order valence-electron chi connectivity index (χ4n) is 3.39. The molecular formula is C16H33N3. The van der Waals surface area contributed by atoms with Crippen LogP contribution in [0, 0.1) is 11.8 Å². The van der Waals surface area contributed by atoms with Crippen LogP contribution < -0.4 is 5.73 Å². The van der Waals surface area contributed by atoms with E-state index in [2.05, 4.69) is 23.6 Å². The summed E-state index contributed by atoms with van der Waals surface area (Å²) >= 11 is 0.